The summed E-state index contributed by atoms with van der Waals surface area (Å²) >= 11 is 0. The maximum atomic E-state index is 11.7. The Morgan fingerprint density at radius 3 is 2.30 bits per heavy atom. The topological polar surface area (TPSA) is 94.1 Å². The second-order valence-electron chi connectivity index (χ2n) is 6.12. The monoisotopic (exact) mass is 355 g/mol. The van der Waals surface area contributed by atoms with Crippen LogP contribution in [0.1, 0.15) is 26.7 Å². The van der Waals surface area contributed by atoms with Gasteiger partial charge in [0.1, 0.15) is 25.9 Å². The highest BCUT2D eigenvalue weighted by Gasteiger charge is 2.18. The lowest BCUT2D eigenvalue weighted by Gasteiger charge is -2.28. The molecule has 0 radical (unpaired) electrons. The van der Waals surface area contributed by atoms with E-state index in [1.54, 1.807) is 6.92 Å². The van der Waals surface area contributed by atoms with Crippen LogP contribution in [0, 0.1) is 0 Å². The standard InChI is InChI=1S/C14H30NO7P/c1-6-9-19-13(11-20-14(16)7-2)12-22-23(17,18)21-10-8-15(3,4)5/h13H,6-12H2,1-5H3. The van der Waals surface area contributed by atoms with Gasteiger partial charge >= 0.3 is 5.97 Å². The molecule has 8 nitrogen and oxygen atoms in total. The predicted octanol–water partition coefficient (Wildman–Crippen LogP) is 0.943. The molecule has 0 rings (SSSR count). The van der Waals surface area contributed by atoms with Gasteiger partial charge in [0.05, 0.1) is 27.7 Å². The van der Waals surface area contributed by atoms with Gasteiger partial charge < -0.3 is 27.9 Å². The van der Waals surface area contributed by atoms with Gasteiger partial charge in [-0.2, -0.15) is 0 Å². The summed E-state index contributed by atoms with van der Waals surface area (Å²) in [6.45, 7) is 4.28. The number of ether oxygens (including phenoxy) is 2. The molecule has 9 heteroatoms. The number of esters is 1. The highest BCUT2D eigenvalue weighted by molar-refractivity contribution is 7.45. The largest absolute Gasteiger partial charge is 0.756 e. The second-order valence-corrected chi connectivity index (χ2v) is 7.53. The Labute approximate surface area is 138 Å². The Morgan fingerprint density at radius 2 is 1.78 bits per heavy atom. The molecule has 0 heterocycles. The van der Waals surface area contributed by atoms with Crippen molar-refractivity contribution in [3.8, 4) is 0 Å². The van der Waals surface area contributed by atoms with E-state index in [-0.39, 0.29) is 32.2 Å². The van der Waals surface area contributed by atoms with E-state index >= 15 is 0 Å². The molecular formula is C14H30NO7P. The van der Waals surface area contributed by atoms with E-state index in [2.05, 4.69) is 0 Å². The molecule has 0 saturated carbocycles. The van der Waals surface area contributed by atoms with Gasteiger partial charge in [0, 0.05) is 13.0 Å². The van der Waals surface area contributed by atoms with Gasteiger partial charge in [-0.25, -0.2) is 0 Å². The van der Waals surface area contributed by atoms with Crippen LogP contribution in [0.5, 0.6) is 0 Å². The van der Waals surface area contributed by atoms with Gasteiger partial charge in [0.2, 0.25) is 0 Å². The summed E-state index contributed by atoms with van der Waals surface area (Å²) in [6, 6.07) is 0. The third kappa shape index (κ3) is 13.6. The Morgan fingerprint density at radius 1 is 1.13 bits per heavy atom. The molecule has 2 atom stereocenters. The first-order chi connectivity index (χ1) is 10.6. The van der Waals surface area contributed by atoms with E-state index in [0.29, 0.717) is 17.6 Å². The van der Waals surface area contributed by atoms with E-state index < -0.39 is 13.9 Å². The Bertz CT molecular complexity index is 384. The molecule has 0 saturated heterocycles. The number of quaternary nitrogens is 1. The number of hydrogen-bond donors (Lipinski definition) is 0. The van der Waals surface area contributed by atoms with E-state index in [0.717, 1.165) is 6.42 Å². The van der Waals surface area contributed by atoms with Crippen LogP contribution in [0.3, 0.4) is 0 Å². The molecule has 0 aromatic heterocycles. The summed E-state index contributed by atoms with van der Waals surface area (Å²) in [5, 5.41) is 0. The van der Waals surface area contributed by atoms with Crippen LogP contribution in [0.25, 0.3) is 0 Å². The molecule has 0 aliphatic heterocycles. The van der Waals surface area contributed by atoms with Crippen molar-refractivity contribution in [3.63, 3.8) is 0 Å². The zero-order chi connectivity index (χ0) is 17.9. The van der Waals surface area contributed by atoms with Crippen LogP contribution < -0.4 is 4.89 Å². The van der Waals surface area contributed by atoms with Crippen LogP contribution >= 0.6 is 7.82 Å². The third-order valence-corrected chi connectivity index (χ3v) is 3.67. The zero-order valence-corrected chi connectivity index (χ0v) is 15.7. The second kappa shape index (κ2) is 11.1. The third-order valence-electron chi connectivity index (χ3n) is 2.71. The van der Waals surface area contributed by atoms with Crippen molar-refractivity contribution in [2.75, 3.05) is 54.1 Å². The molecule has 138 valence electrons. The minimum atomic E-state index is -4.40. The molecule has 0 aliphatic carbocycles. The highest BCUT2D eigenvalue weighted by atomic mass is 31.2. The normalized spacial score (nSPS) is 15.9. The lowest BCUT2D eigenvalue weighted by molar-refractivity contribution is -0.870. The van der Waals surface area contributed by atoms with Crippen LogP contribution in [-0.2, 0) is 27.9 Å². The van der Waals surface area contributed by atoms with E-state index in [4.69, 9.17) is 18.5 Å². The van der Waals surface area contributed by atoms with Crippen molar-refractivity contribution in [1.29, 1.82) is 0 Å². The van der Waals surface area contributed by atoms with Crippen LogP contribution in [0.2, 0.25) is 0 Å². The van der Waals surface area contributed by atoms with Gasteiger partial charge in [0.25, 0.3) is 7.82 Å². The van der Waals surface area contributed by atoms with Crippen molar-refractivity contribution >= 4 is 13.8 Å². The fourth-order valence-electron chi connectivity index (χ4n) is 1.35. The Balaban J connectivity index is 4.28. The van der Waals surface area contributed by atoms with Crippen LogP contribution in [0.15, 0.2) is 0 Å². The summed E-state index contributed by atoms with van der Waals surface area (Å²) in [4.78, 5) is 22.9. The van der Waals surface area contributed by atoms with Gasteiger partial charge in [-0.3, -0.25) is 9.36 Å². The zero-order valence-electron chi connectivity index (χ0n) is 14.8. The van der Waals surface area contributed by atoms with Crippen LogP contribution in [0.4, 0.5) is 0 Å². The number of phosphoric acid groups is 1. The highest BCUT2D eigenvalue weighted by Crippen LogP contribution is 2.38. The molecule has 0 fully saturated rings. The SMILES string of the molecule is CCCOC(COC(=O)CC)COP(=O)([O-])OCC[N+](C)(C)C. The van der Waals surface area contributed by atoms with Crippen molar-refractivity contribution in [1.82, 2.24) is 0 Å². The minimum absolute atomic E-state index is 0.0373. The first kappa shape index (κ1) is 22.5. The van der Waals surface area contributed by atoms with Crippen molar-refractivity contribution in [2.24, 2.45) is 0 Å². The Kier molecular flexibility index (Phi) is 10.9. The molecule has 0 aliphatic rings. The smallest absolute Gasteiger partial charge is 0.305 e. The first-order valence-corrected chi connectivity index (χ1v) is 9.23. The molecular weight excluding hydrogens is 325 g/mol. The van der Waals surface area contributed by atoms with Crippen molar-refractivity contribution in [2.45, 2.75) is 32.8 Å². The fourth-order valence-corrected chi connectivity index (χ4v) is 2.08. The number of likely N-dealkylation sites (N-methyl/N-ethyl adjacent to an activating group) is 1. The summed E-state index contributed by atoms with van der Waals surface area (Å²) in [6.07, 6.45) is 0.359. The summed E-state index contributed by atoms with van der Waals surface area (Å²) < 4.78 is 32.3. The van der Waals surface area contributed by atoms with Crippen molar-refractivity contribution in [3.05, 3.63) is 0 Å². The maximum Gasteiger partial charge on any atom is 0.305 e. The molecule has 0 aromatic carbocycles. The predicted molar refractivity (Wildman–Crippen MR) is 83.7 cm³/mol. The molecule has 0 spiro atoms. The minimum Gasteiger partial charge on any atom is -0.756 e. The number of phosphoric ester groups is 1. The molecule has 0 bridgehead atoms. The van der Waals surface area contributed by atoms with E-state index in [9.17, 15) is 14.3 Å². The average molecular weight is 355 g/mol. The van der Waals surface area contributed by atoms with E-state index in [1.807, 2.05) is 28.1 Å². The number of carbonyl (C=O) groups excluding carboxylic acids is 1. The first-order valence-electron chi connectivity index (χ1n) is 7.77. The van der Waals surface area contributed by atoms with Crippen molar-refractivity contribution < 1.29 is 37.3 Å². The maximum absolute atomic E-state index is 11.7. The van der Waals surface area contributed by atoms with Gasteiger partial charge in [-0.15, -0.1) is 0 Å². The summed E-state index contributed by atoms with van der Waals surface area (Å²) in [5.74, 6) is -0.375. The molecule has 0 aromatic rings. The lowest BCUT2D eigenvalue weighted by atomic mass is 10.4. The quantitative estimate of drug-likeness (QED) is 0.276. The summed E-state index contributed by atoms with van der Waals surface area (Å²) in [5.41, 5.74) is 0. The molecule has 0 N–H and O–H groups in total. The molecule has 2 unspecified atom stereocenters. The summed E-state index contributed by atoms with van der Waals surface area (Å²) in [7, 11) is 1.38. The van der Waals surface area contributed by atoms with Gasteiger partial charge in [-0.05, 0) is 6.42 Å². The fraction of sp³-hybridized carbons (Fsp3) is 0.929. The Hall–Kier alpha value is -0.500. The van der Waals surface area contributed by atoms with E-state index in [1.165, 1.54) is 0 Å². The average Bonchev–Trinajstić information content (AvgIpc) is 2.44. The molecule has 0 amide bonds. The number of carbonyl (C=O) groups is 1. The number of nitrogens with zero attached hydrogens (tertiary/aromatic N) is 1. The van der Waals surface area contributed by atoms with Gasteiger partial charge in [0.15, 0.2) is 0 Å². The van der Waals surface area contributed by atoms with Gasteiger partial charge in [-0.1, -0.05) is 13.8 Å². The lowest BCUT2D eigenvalue weighted by Crippen LogP contribution is -2.37. The molecule has 23 heavy (non-hydrogen) atoms. The van der Waals surface area contributed by atoms with Crippen LogP contribution in [-0.4, -0.2) is 70.7 Å². The number of rotatable bonds is 13. The number of hydrogen-bond acceptors (Lipinski definition) is 7.